The van der Waals surface area contributed by atoms with Crippen LogP contribution in [0.1, 0.15) is 49.5 Å². The van der Waals surface area contributed by atoms with Crippen molar-refractivity contribution in [3.63, 3.8) is 0 Å². The van der Waals surface area contributed by atoms with E-state index in [1.165, 1.54) is 0 Å². The molecule has 8 nitrogen and oxygen atoms in total. The molecule has 1 fully saturated rings. The molecule has 0 bridgehead atoms. The number of unbranched alkanes of at least 4 members (excludes halogenated alkanes) is 1. The van der Waals surface area contributed by atoms with E-state index in [0.29, 0.717) is 39.0 Å². The summed E-state index contributed by atoms with van der Waals surface area (Å²) in [5.41, 5.74) is 4.95. The maximum absolute atomic E-state index is 13.4. The summed E-state index contributed by atoms with van der Waals surface area (Å²) in [4.78, 5) is 35.1. The van der Waals surface area contributed by atoms with Gasteiger partial charge in [0.15, 0.2) is 5.69 Å². The third kappa shape index (κ3) is 7.19. The molecule has 37 heavy (non-hydrogen) atoms. The first-order valence-electron chi connectivity index (χ1n) is 12.3. The Morgan fingerprint density at radius 3 is 2.03 bits per heavy atom. The van der Waals surface area contributed by atoms with Crippen LogP contribution in [-0.2, 0) is 4.74 Å². The minimum atomic E-state index is -0.948. The van der Waals surface area contributed by atoms with Gasteiger partial charge in [-0.3, -0.25) is 10.2 Å². The molecule has 2 heterocycles. The van der Waals surface area contributed by atoms with Crippen LogP contribution in [0.3, 0.4) is 0 Å². The van der Waals surface area contributed by atoms with Crippen molar-refractivity contribution in [2.75, 3.05) is 19.7 Å². The molecule has 0 radical (unpaired) electrons. The number of nitrogens with zero attached hydrogens (tertiary/aromatic N) is 3. The highest BCUT2D eigenvalue weighted by Gasteiger charge is 2.26. The third-order valence-corrected chi connectivity index (χ3v) is 6.33. The highest BCUT2D eigenvalue weighted by molar-refractivity contribution is 6.31. The Bertz CT molecular complexity index is 1230. The molecule has 2 aromatic carbocycles. The number of ether oxygens (including phenoxy) is 2. The van der Waals surface area contributed by atoms with Crippen molar-refractivity contribution >= 4 is 35.3 Å². The Morgan fingerprint density at radius 2 is 1.46 bits per heavy atom. The molecule has 0 saturated carbocycles. The lowest BCUT2D eigenvalue weighted by molar-refractivity contribution is 0.0734. The number of benzene rings is 2. The van der Waals surface area contributed by atoms with Crippen molar-refractivity contribution in [2.24, 2.45) is 0 Å². The first-order valence-corrected chi connectivity index (χ1v) is 13.0. The monoisotopic (exact) mass is 542 g/mol. The van der Waals surface area contributed by atoms with Crippen molar-refractivity contribution < 1.29 is 19.1 Å². The Labute approximate surface area is 225 Å². The minimum absolute atomic E-state index is 0.124. The summed E-state index contributed by atoms with van der Waals surface area (Å²) in [7, 11) is 0. The molecule has 10 heteroatoms. The van der Waals surface area contributed by atoms with Crippen molar-refractivity contribution in [3.05, 3.63) is 64.3 Å². The number of carbonyl (C=O) groups excluding carboxylic acids is 2. The number of piperidine rings is 1. The van der Waals surface area contributed by atoms with Gasteiger partial charge in [0.2, 0.25) is 0 Å². The van der Waals surface area contributed by atoms with E-state index in [9.17, 15) is 9.59 Å². The zero-order valence-electron chi connectivity index (χ0n) is 20.5. The molecule has 194 valence electrons. The lowest BCUT2D eigenvalue weighted by Crippen LogP contribution is -2.45. The minimum Gasteiger partial charge on any atom is -0.434 e. The fraction of sp³-hybridized carbons (Fsp3) is 0.333. The van der Waals surface area contributed by atoms with E-state index >= 15 is 0 Å². The predicted octanol–water partition coefficient (Wildman–Crippen LogP) is 6.56. The molecule has 1 saturated heterocycles. The van der Waals surface area contributed by atoms with E-state index < -0.39 is 12.1 Å². The summed E-state index contributed by atoms with van der Waals surface area (Å²) in [6.45, 7) is 3.63. The molecule has 1 amide bonds. The molecule has 4 rings (SSSR count). The van der Waals surface area contributed by atoms with Gasteiger partial charge in [0, 0.05) is 34.3 Å². The van der Waals surface area contributed by atoms with E-state index in [-0.39, 0.29) is 18.2 Å². The van der Waals surface area contributed by atoms with Crippen LogP contribution >= 0.6 is 23.2 Å². The molecule has 1 aromatic heterocycles. The van der Waals surface area contributed by atoms with Crippen molar-refractivity contribution in [1.29, 1.82) is 0 Å². The lowest BCUT2D eigenvalue weighted by atomic mass is 10.0. The molecule has 1 aliphatic heterocycles. The number of hydrogen-bond donors (Lipinski definition) is 1. The van der Waals surface area contributed by atoms with E-state index in [4.69, 9.17) is 32.7 Å². The first kappa shape index (κ1) is 26.9. The Balaban J connectivity index is 1.79. The topological polar surface area (TPSA) is 93.6 Å². The smallest absolute Gasteiger partial charge is 0.434 e. The summed E-state index contributed by atoms with van der Waals surface area (Å²) in [5, 5.41) is 2.95. The predicted molar refractivity (Wildman–Crippen MR) is 143 cm³/mol. The van der Waals surface area contributed by atoms with E-state index in [0.717, 1.165) is 38.8 Å². The van der Waals surface area contributed by atoms with Crippen molar-refractivity contribution in [3.8, 4) is 28.4 Å². The van der Waals surface area contributed by atoms with Crippen LogP contribution < -0.4 is 10.2 Å². The summed E-state index contributed by atoms with van der Waals surface area (Å²) < 4.78 is 10.6. The molecule has 1 aliphatic rings. The number of carbonyl (C=O) groups is 2. The average Bonchev–Trinajstić information content (AvgIpc) is 2.90. The quantitative estimate of drug-likeness (QED) is 0.254. The van der Waals surface area contributed by atoms with Gasteiger partial charge in [-0.1, -0.05) is 67.2 Å². The zero-order chi connectivity index (χ0) is 26.2. The van der Waals surface area contributed by atoms with Crippen molar-refractivity contribution in [1.82, 2.24) is 20.4 Å². The number of aromatic nitrogens is 2. The van der Waals surface area contributed by atoms with Crippen LogP contribution in [0.5, 0.6) is 5.88 Å². The van der Waals surface area contributed by atoms with Crippen LogP contribution in [0, 0.1) is 0 Å². The van der Waals surface area contributed by atoms with E-state index in [1.807, 2.05) is 11.9 Å². The Morgan fingerprint density at radius 1 is 0.892 bits per heavy atom. The molecule has 0 atom stereocenters. The van der Waals surface area contributed by atoms with Crippen LogP contribution in [0.4, 0.5) is 4.79 Å². The normalized spacial score (nSPS) is 13.7. The lowest BCUT2D eigenvalue weighted by Gasteiger charge is -2.26. The van der Waals surface area contributed by atoms with Crippen molar-refractivity contribution in [2.45, 2.75) is 39.0 Å². The molecule has 0 spiro atoms. The van der Waals surface area contributed by atoms with Crippen LogP contribution in [-0.4, -0.2) is 46.7 Å². The van der Waals surface area contributed by atoms with Gasteiger partial charge in [-0.2, -0.15) is 0 Å². The van der Waals surface area contributed by atoms with Gasteiger partial charge in [0.25, 0.3) is 11.8 Å². The van der Waals surface area contributed by atoms with E-state index in [1.54, 1.807) is 48.5 Å². The van der Waals surface area contributed by atoms with Gasteiger partial charge in [0.05, 0.1) is 12.3 Å². The maximum Gasteiger partial charge on any atom is 0.515 e. The van der Waals surface area contributed by atoms with Gasteiger partial charge >= 0.3 is 6.16 Å². The third-order valence-electron chi connectivity index (χ3n) is 5.83. The number of halogens is 2. The van der Waals surface area contributed by atoms with E-state index in [2.05, 4.69) is 15.4 Å². The number of hydrazine groups is 1. The summed E-state index contributed by atoms with van der Waals surface area (Å²) >= 11 is 12.2. The Kier molecular flexibility index (Phi) is 9.33. The number of amides is 1. The molecule has 1 N–H and O–H groups in total. The number of rotatable bonds is 8. The highest BCUT2D eigenvalue weighted by atomic mass is 35.5. The summed E-state index contributed by atoms with van der Waals surface area (Å²) in [5.74, 6) is -0.762. The van der Waals surface area contributed by atoms with Gasteiger partial charge in [0.1, 0.15) is 5.69 Å². The summed E-state index contributed by atoms with van der Waals surface area (Å²) in [6.07, 6.45) is 3.66. The first-order chi connectivity index (χ1) is 17.9. The standard InChI is InChI=1S/C27H28Cl2N4O4/c1-2-3-17-36-27(35)37-26-24(25(34)32-33-15-5-4-6-16-33)30-22(18-7-11-20(28)12-8-18)23(31-26)19-9-13-21(29)14-10-19/h7-14H,2-6,15-17H2,1H3,(H,32,34). The fourth-order valence-electron chi connectivity index (χ4n) is 3.87. The van der Waals surface area contributed by atoms with Gasteiger partial charge in [-0.15, -0.1) is 0 Å². The second kappa shape index (κ2) is 12.9. The van der Waals surface area contributed by atoms with Crippen LogP contribution in [0.25, 0.3) is 22.5 Å². The van der Waals surface area contributed by atoms with Gasteiger partial charge < -0.3 is 9.47 Å². The molecule has 3 aromatic rings. The highest BCUT2D eigenvalue weighted by Crippen LogP contribution is 2.33. The SMILES string of the molecule is CCCCOC(=O)Oc1nc(-c2ccc(Cl)cc2)c(-c2ccc(Cl)cc2)nc1C(=O)NN1CCCCC1. The molecular weight excluding hydrogens is 515 g/mol. The average molecular weight is 543 g/mol. The van der Waals surface area contributed by atoms with Gasteiger partial charge in [-0.05, 0) is 43.5 Å². The number of hydrogen-bond acceptors (Lipinski definition) is 7. The largest absolute Gasteiger partial charge is 0.515 e. The molecular formula is C27H28Cl2N4O4. The molecule has 0 aliphatic carbocycles. The van der Waals surface area contributed by atoms with Crippen LogP contribution in [0.2, 0.25) is 10.0 Å². The second-order valence-corrected chi connectivity index (χ2v) is 9.50. The fourth-order valence-corrected chi connectivity index (χ4v) is 4.12. The summed E-state index contributed by atoms with van der Waals surface area (Å²) in [6, 6.07) is 14.0. The van der Waals surface area contributed by atoms with Gasteiger partial charge in [-0.25, -0.2) is 19.8 Å². The maximum atomic E-state index is 13.4. The number of nitrogens with one attached hydrogen (secondary N) is 1. The second-order valence-electron chi connectivity index (χ2n) is 8.63. The zero-order valence-corrected chi connectivity index (χ0v) is 22.0. The Hall–Kier alpha value is -3.20. The molecule has 0 unspecified atom stereocenters. The van der Waals surface area contributed by atoms with Crippen LogP contribution in [0.15, 0.2) is 48.5 Å².